The first kappa shape index (κ1) is 11.2. The van der Waals surface area contributed by atoms with Crippen LogP contribution in [-0.4, -0.2) is 11.1 Å². The van der Waals surface area contributed by atoms with Gasteiger partial charge in [0, 0.05) is 5.69 Å². The summed E-state index contributed by atoms with van der Waals surface area (Å²) in [6.07, 6.45) is 0. The smallest absolute Gasteiger partial charge is 0.263 e. The van der Waals surface area contributed by atoms with Crippen molar-refractivity contribution < 1.29 is 9.32 Å². The van der Waals surface area contributed by atoms with Gasteiger partial charge in [-0.05, 0) is 26.0 Å². The Hall–Kier alpha value is -2.30. The van der Waals surface area contributed by atoms with Crippen molar-refractivity contribution in [3.05, 3.63) is 41.1 Å². The van der Waals surface area contributed by atoms with E-state index in [-0.39, 0.29) is 17.4 Å². The molecular weight excluding hydrogens is 218 g/mol. The average molecular weight is 231 g/mol. The number of anilines is 2. The maximum atomic E-state index is 11.9. The lowest BCUT2D eigenvalue weighted by molar-refractivity contribution is 0.102. The van der Waals surface area contributed by atoms with Gasteiger partial charge in [-0.3, -0.25) is 4.79 Å². The van der Waals surface area contributed by atoms with Crippen molar-refractivity contribution in [2.24, 2.45) is 0 Å². The van der Waals surface area contributed by atoms with Gasteiger partial charge in [-0.25, -0.2) is 0 Å². The van der Waals surface area contributed by atoms with Crippen LogP contribution in [0.4, 0.5) is 11.6 Å². The van der Waals surface area contributed by atoms with E-state index < -0.39 is 0 Å². The monoisotopic (exact) mass is 231 g/mol. The number of aryl methyl sites for hydroxylation is 2. The number of amides is 1. The van der Waals surface area contributed by atoms with Gasteiger partial charge in [-0.1, -0.05) is 22.9 Å². The fourth-order valence-corrected chi connectivity index (χ4v) is 1.49. The number of rotatable bonds is 2. The number of nitrogens with two attached hydrogens (primary N) is 1. The van der Waals surface area contributed by atoms with Crippen LogP contribution < -0.4 is 11.1 Å². The molecule has 1 aromatic heterocycles. The Labute approximate surface area is 98.6 Å². The predicted molar refractivity (Wildman–Crippen MR) is 64.8 cm³/mol. The zero-order valence-corrected chi connectivity index (χ0v) is 9.65. The minimum atomic E-state index is -0.315. The van der Waals surface area contributed by atoms with Crippen LogP contribution in [0.5, 0.6) is 0 Å². The lowest BCUT2D eigenvalue weighted by Crippen LogP contribution is -2.14. The van der Waals surface area contributed by atoms with Crippen molar-refractivity contribution in [2.75, 3.05) is 11.1 Å². The Morgan fingerprint density at radius 1 is 1.29 bits per heavy atom. The van der Waals surface area contributed by atoms with Crippen LogP contribution in [-0.2, 0) is 0 Å². The predicted octanol–water partition coefficient (Wildman–Crippen LogP) is 2.13. The third-order valence-corrected chi connectivity index (χ3v) is 2.43. The summed E-state index contributed by atoms with van der Waals surface area (Å²) in [4.78, 5) is 11.9. The normalized spacial score (nSPS) is 10.2. The van der Waals surface area contributed by atoms with Gasteiger partial charge in [-0.2, -0.15) is 0 Å². The second-order valence-electron chi connectivity index (χ2n) is 3.83. The van der Waals surface area contributed by atoms with Gasteiger partial charge in [0.15, 0.2) is 0 Å². The van der Waals surface area contributed by atoms with Crippen LogP contribution in [0, 0.1) is 13.8 Å². The maximum Gasteiger partial charge on any atom is 0.263 e. The molecule has 2 rings (SSSR count). The molecule has 0 saturated heterocycles. The molecule has 17 heavy (non-hydrogen) atoms. The van der Waals surface area contributed by atoms with E-state index in [1.807, 2.05) is 31.2 Å². The Balaban J connectivity index is 2.20. The Morgan fingerprint density at radius 3 is 2.47 bits per heavy atom. The Bertz CT molecular complexity index is 524. The number of aromatic nitrogens is 1. The quantitative estimate of drug-likeness (QED) is 0.829. The third kappa shape index (κ3) is 2.28. The SMILES string of the molecule is Cc1ccc(NC(=O)c2c(C)noc2N)cc1. The fraction of sp³-hybridized carbons (Fsp3) is 0.167. The van der Waals surface area contributed by atoms with E-state index in [4.69, 9.17) is 10.3 Å². The summed E-state index contributed by atoms with van der Waals surface area (Å²) < 4.78 is 4.74. The van der Waals surface area contributed by atoms with Crippen molar-refractivity contribution in [3.63, 3.8) is 0 Å². The number of nitrogens with zero attached hydrogens (tertiary/aromatic N) is 1. The second kappa shape index (κ2) is 4.29. The summed E-state index contributed by atoms with van der Waals surface area (Å²) >= 11 is 0. The zero-order valence-electron chi connectivity index (χ0n) is 9.65. The van der Waals surface area contributed by atoms with E-state index in [0.717, 1.165) is 5.56 Å². The molecule has 0 saturated carbocycles. The average Bonchev–Trinajstić information content (AvgIpc) is 2.62. The van der Waals surface area contributed by atoms with E-state index in [0.29, 0.717) is 11.4 Å². The van der Waals surface area contributed by atoms with Gasteiger partial charge in [0.1, 0.15) is 5.56 Å². The van der Waals surface area contributed by atoms with Crippen LogP contribution in [0.3, 0.4) is 0 Å². The first-order chi connectivity index (χ1) is 8.08. The summed E-state index contributed by atoms with van der Waals surface area (Å²) in [5.41, 5.74) is 8.13. The van der Waals surface area contributed by atoms with E-state index >= 15 is 0 Å². The minimum Gasteiger partial charge on any atom is -0.367 e. The van der Waals surface area contributed by atoms with E-state index in [9.17, 15) is 4.79 Å². The minimum absolute atomic E-state index is 0.0344. The molecular formula is C12H13N3O2. The molecule has 0 radical (unpaired) electrons. The van der Waals surface area contributed by atoms with E-state index in [1.54, 1.807) is 6.92 Å². The zero-order chi connectivity index (χ0) is 12.4. The summed E-state index contributed by atoms with van der Waals surface area (Å²) in [5, 5.41) is 6.37. The molecule has 0 bridgehead atoms. The molecule has 0 fully saturated rings. The van der Waals surface area contributed by atoms with Crippen molar-refractivity contribution in [3.8, 4) is 0 Å². The Kier molecular flexibility index (Phi) is 2.82. The number of hydrogen-bond acceptors (Lipinski definition) is 4. The largest absolute Gasteiger partial charge is 0.367 e. The highest BCUT2D eigenvalue weighted by Crippen LogP contribution is 2.18. The topological polar surface area (TPSA) is 81.2 Å². The highest BCUT2D eigenvalue weighted by atomic mass is 16.5. The molecule has 2 aromatic rings. The second-order valence-corrected chi connectivity index (χ2v) is 3.83. The standard InChI is InChI=1S/C12H13N3O2/c1-7-3-5-9(6-4-7)14-12(16)10-8(2)15-17-11(10)13/h3-6H,13H2,1-2H3,(H,14,16). The first-order valence-electron chi connectivity index (χ1n) is 5.17. The van der Waals surface area contributed by atoms with E-state index in [2.05, 4.69) is 10.5 Å². The van der Waals surface area contributed by atoms with Crippen molar-refractivity contribution in [1.29, 1.82) is 0 Å². The van der Waals surface area contributed by atoms with Gasteiger partial charge in [0.25, 0.3) is 5.91 Å². The van der Waals surface area contributed by atoms with Crippen LogP contribution in [0.1, 0.15) is 21.6 Å². The van der Waals surface area contributed by atoms with Crippen LogP contribution >= 0.6 is 0 Å². The summed E-state index contributed by atoms with van der Waals surface area (Å²) in [7, 11) is 0. The Morgan fingerprint density at radius 2 is 1.94 bits per heavy atom. The third-order valence-electron chi connectivity index (χ3n) is 2.43. The highest BCUT2D eigenvalue weighted by Gasteiger charge is 2.18. The number of carbonyl (C=O) groups is 1. The summed E-state index contributed by atoms with van der Waals surface area (Å²) in [6.45, 7) is 3.65. The van der Waals surface area contributed by atoms with Gasteiger partial charge < -0.3 is 15.6 Å². The number of nitrogens with one attached hydrogen (secondary N) is 1. The molecule has 1 aromatic carbocycles. The number of benzene rings is 1. The molecule has 0 atom stereocenters. The number of nitrogen functional groups attached to an aromatic ring is 1. The number of hydrogen-bond donors (Lipinski definition) is 2. The van der Waals surface area contributed by atoms with Gasteiger partial charge in [0.05, 0.1) is 5.69 Å². The van der Waals surface area contributed by atoms with Crippen molar-refractivity contribution >= 4 is 17.5 Å². The van der Waals surface area contributed by atoms with E-state index in [1.165, 1.54) is 0 Å². The molecule has 5 nitrogen and oxygen atoms in total. The van der Waals surface area contributed by atoms with Crippen molar-refractivity contribution in [1.82, 2.24) is 5.16 Å². The molecule has 0 unspecified atom stereocenters. The van der Waals surface area contributed by atoms with Gasteiger partial charge in [0.2, 0.25) is 5.88 Å². The summed E-state index contributed by atoms with van der Waals surface area (Å²) in [5.74, 6) is -0.280. The lowest BCUT2D eigenvalue weighted by atomic mass is 10.2. The molecule has 1 heterocycles. The molecule has 0 aliphatic carbocycles. The molecule has 0 aliphatic heterocycles. The molecule has 5 heteroatoms. The highest BCUT2D eigenvalue weighted by molar-refractivity contribution is 6.07. The van der Waals surface area contributed by atoms with Crippen molar-refractivity contribution in [2.45, 2.75) is 13.8 Å². The maximum absolute atomic E-state index is 11.9. The molecule has 88 valence electrons. The first-order valence-corrected chi connectivity index (χ1v) is 5.17. The summed E-state index contributed by atoms with van der Waals surface area (Å²) in [6, 6.07) is 7.48. The van der Waals surface area contributed by atoms with Crippen LogP contribution in [0.2, 0.25) is 0 Å². The molecule has 3 N–H and O–H groups in total. The lowest BCUT2D eigenvalue weighted by Gasteiger charge is -2.04. The van der Waals surface area contributed by atoms with Crippen LogP contribution in [0.15, 0.2) is 28.8 Å². The molecule has 1 amide bonds. The number of carbonyl (C=O) groups excluding carboxylic acids is 1. The fourth-order valence-electron chi connectivity index (χ4n) is 1.49. The van der Waals surface area contributed by atoms with Gasteiger partial charge in [-0.15, -0.1) is 0 Å². The molecule has 0 aliphatic rings. The van der Waals surface area contributed by atoms with Crippen LogP contribution in [0.25, 0.3) is 0 Å². The molecule has 0 spiro atoms. The van der Waals surface area contributed by atoms with Gasteiger partial charge >= 0.3 is 0 Å².